The Hall–Kier alpha value is -2.69. The highest BCUT2D eigenvalue weighted by molar-refractivity contribution is 6.04. The van der Waals surface area contributed by atoms with Crippen LogP contribution in [0.2, 0.25) is 0 Å². The number of hydrogen-bond acceptors (Lipinski definition) is 3. The number of H-pyrrole nitrogens is 1. The Morgan fingerprint density at radius 1 is 1.22 bits per heavy atom. The number of aromatic amines is 1. The molecule has 3 heterocycles. The largest absolute Gasteiger partial charge is 0.337 e. The molecule has 23 heavy (non-hydrogen) atoms. The van der Waals surface area contributed by atoms with E-state index in [4.69, 9.17) is 0 Å². The number of para-hydroxylation sites is 1. The van der Waals surface area contributed by atoms with E-state index in [1.54, 1.807) is 0 Å². The van der Waals surface area contributed by atoms with Gasteiger partial charge in [-0.1, -0.05) is 24.3 Å². The number of carbonyl (C=O) groups is 1. The maximum atomic E-state index is 12.7. The summed E-state index contributed by atoms with van der Waals surface area (Å²) in [7, 11) is 0. The van der Waals surface area contributed by atoms with Crippen LogP contribution in [0.1, 0.15) is 22.6 Å². The number of nitrogens with zero attached hydrogens (tertiary/aromatic N) is 3. The topological polar surface area (TPSA) is 61.9 Å². The van der Waals surface area contributed by atoms with E-state index in [0.717, 1.165) is 42.5 Å². The van der Waals surface area contributed by atoms with Crippen molar-refractivity contribution >= 4 is 16.8 Å². The molecule has 1 saturated heterocycles. The summed E-state index contributed by atoms with van der Waals surface area (Å²) in [5.74, 6) is 0.491. The fraction of sp³-hybridized carbons (Fsp3) is 0.278. The first kappa shape index (κ1) is 13.9. The number of aromatic nitrogens is 3. The van der Waals surface area contributed by atoms with Crippen LogP contribution >= 0.6 is 0 Å². The standard InChI is InChI=1S/C18H18N4O/c23-18(17-15-6-1-2-7-16(15)20-21-17)22-10-8-13(12-22)11-14-5-3-4-9-19-14/h1-7,9,13H,8,10-12H2,(H,20,21). The van der Waals surface area contributed by atoms with E-state index < -0.39 is 0 Å². The third-order valence-electron chi connectivity index (χ3n) is 4.47. The molecule has 2 aromatic heterocycles. The van der Waals surface area contributed by atoms with Crippen molar-refractivity contribution in [3.63, 3.8) is 0 Å². The van der Waals surface area contributed by atoms with E-state index in [2.05, 4.69) is 15.2 Å². The van der Waals surface area contributed by atoms with Crippen LogP contribution in [0.3, 0.4) is 0 Å². The summed E-state index contributed by atoms with van der Waals surface area (Å²) in [5, 5.41) is 8.05. The zero-order chi connectivity index (χ0) is 15.6. The van der Waals surface area contributed by atoms with Gasteiger partial charge in [-0.3, -0.25) is 14.9 Å². The Kier molecular flexibility index (Phi) is 3.54. The fourth-order valence-corrected chi connectivity index (χ4v) is 3.27. The quantitative estimate of drug-likeness (QED) is 0.809. The summed E-state index contributed by atoms with van der Waals surface area (Å²) >= 11 is 0. The second-order valence-corrected chi connectivity index (χ2v) is 6.05. The molecule has 1 fully saturated rings. The molecule has 5 nitrogen and oxygen atoms in total. The van der Waals surface area contributed by atoms with Crippen LogP contribution in [0, 0.1) is 5.92 Å². The normalized spacial score (nSPS) is 17.7. The number of rotatable bonds is 3. The lowest BCUT2D eigenvalue weighted by atomic mass is 10.0. The van der Waals surface area contributed by atoms with Crippen LogP contribution < -0.4 is 0 Å². The van der Waals surface area contributed by atoms with Gasteiger partial charge in [-0.2, -0.15) is 5.10 Å². The molecule has 0 saturated carbocycles. The van der Waals surface area contributed by atoms with Gasteiger partial charge in [0.25, 0.3) is 5.91 Å². The van der Waals surface area contributed by atoms with Gasteiger partial charge >= 0.3 is 0 Å². The molecule has 3 aromatic rings. The Morgan fingerprint density at radius 2 is 2.09 bits per heavy atom. The summed E-state index contributed by atoms with van der Waals surface area (Å²) in [6.45, 7) is 1.56. The molecular formula is C18H18N4O. The van der Waals surface area contributed by atoms with Crippen molar-refractivity contribution in [3.05, 3.63) is 60.0 Å². The van der Waals surface area contributed by atoms with Crippen LogP contribution in [0.5, 0.6) is 0 Å². The van der Waals surface area contributed by atoms with Gasteiger partial charge < -0.3 is 4.90 Å². The van der Waals surface area contributed by atoms with E-state index in [1.165, 1.54) is 0 Å². The van der Waals surface area contributed by atoms with E-state index in [1.807, 2.05) is 53.6 Å². The number of carbonyl (C=O) groups excluding carboxylic acids is 1. The average Bonchev–Trinajstić information content (AvgIpc) is 3.22. The van der Waals surface area contributed by atoms with Crippen LogP contribution in [0.15, 0.2) is 48.7 Å². The average molecular weight is 306 g/mol. The van der Waals surface area contributed by atoms with Crippen molar-refractivity contribution in [2.75, 3.05) is 13.1 Å². The first-order chi connectivity index (χ1) is 11.3. The first-order valence-corrected chi connectivity index (χ1v) is 7.93. The number of benzene rings is 1. The smallest absolute Gasteiger partial charge is 0.275 e. The van der Waals surface area contributed by atoms with Crippen molar-refractivity contribution in [2.24, 2.45) is 5.92 Å². The highest BCUT2D eigenvalue weighted by Gasteiger charge is 2.29. The molecule has 1 aromatic carbocycles. The number of hydrogen-bond donors (Lipinski definition) is 1. The van der Waals surface area contributed by atoms with Crippen molar-refractivity contribution in [1.29, 1.82) is 0 Å². The number of pyridine rings is 1. The fourth-order valence-electron chi connectivity index (χ4n) is 3.27. The van der Waals surface area contributed by atoms with Gasteiger partial charge in [-0.05, 0) is 37.0 Å². The SMILES string of the molecule is O=C(c1n[nH]c2ccccc12)N1CCC(Cc2ccccn2)C1. The van der Waals surface area contributed by atoms with Crippen LogP contribution in [-0.4, -0.2) is 39.1 Å². The molecular weight excluding hydrogens is 288 g/mol. The first-order valence-electron chi connectivity index (χ1n) is 7.93. The van der Waals surface area contributed by atoms with Gasteiger partial charge in [0, 0.05) is 30.4 Å². The Morgan fingerprint density at radius 3 is 2.96 bits per heavy atom. The zero-order valence-electron chi connectivity index (χ0n) is 12.8. The zero-order valence-corrected chi connectivity index (χ0v) is 12.8. The summed E-state index contributed by atoms with van der Waals surface area (Å²) in [5.41, 5.74) is 2.52. The number of amides is 1. The van der Waals surface area contributed by atoms with Gasteiger partial charge in [0.2, 0.25) is 0 Å². The maximum Gasteiger partial charge on any atom is 0.275 e. The van der Waals surface area contributed by atoms with Gasteiger partial charge in [-0.25, -0.2) is 0 Å². The van der Waals surface area contributed by atoms with Crippen molar-refractivity contribution in [3.8, 4) is 0 Å². The highest BCUT2D eigenvalue weighted by Crippen LogP contribution is 2.23. The minimum Gasteiger partial charge on any atom is -0.337 e. The van der Waals surface area contributed by atoms with Crippen LogP contribution in [0.4, 0.5) is 0 Å². The molecule has 1 atom stereocenters. The summed E-state index contributed by atoms with van der Waals surface area (Å²) in [6, 6.07) is 13.7. The second kappa shape index (κ2) is 5.83. The molecule has 0 bridgehead atoms. The Balaban J connectivity index is 1.48. The lowest BCUT2D eigenvalue weighted by Crippen LogP contribution is -2.29. The van der Waals surface area contributed by atoms with E-state index in [-0.39, 0.29) is 5.91 Å². The summed E-state index contributed by atoms with van der Waals surface area (Å²) < 4.78 is 0. The van der Waals surface area contributed by atoms with E-state index >= 15 is 0 Å². The van der Waals surface area contributed by atoms with Gasteiger partial charge in [-0.15, -0.1) is 0 Å². The number of nitrogens with one attached hydrogen (secondary N) is 1. The van der Waals surface area contributed by atoms with E-state index in [9.17, 15) is 4.79 Å². The van der Waals surface area contributed by atoms with Gasteiger partial charge in [0.1, 0.15) is 0 Å². The third-order valence-corrected chi connectivity index (χ3v) is 4.47. The molecule has 1 aliphatic rings. The number of likely N-dealkylation sites (tertiary alicyclic amines) is 1. The monoisotopic (exact) mass is 306 g/mol. The Labute approximate surface area is 134 Å². The number of fused-ring (bicyclic) bond motifs is 1. The lowest BCUT2D eigenvalue weighted by molar-refractivity contribution is 0.0783. The van der Waals surface area contributed by atoms with Crippen molar-refractivity contribution in [2.45, 2.75) is 12.8 Å². The van der Waals surface area contributed by atoms with Gasteiger partial charge in [0.05, 0.1) is 5.52 Å². The predicted molar refractivity (Wildman–Crippen MR) is 88.0 cm³/mol. The highest BCUT2D eigenvalue weighted by atomic mass is 16.2. The van der Waals surface area contributed by atoms with Crippen LogP contribution in [-0.2, 0) is 6.42 Å². The van der Waals surface area contributed by atoms with E-state index in [0.29, 0.717) is 11.6 Å². The van der Waals surface area contributed by atoms with Crippen LogP contribution in [0.25, 0.3) is 10.9 Å². The molecule has 116 valence electrons. The molecule has 4 rings (SSSR count). The summed E-state index contributed by atoms with van der Waals surface area (Å²) in [6.07, 6.45) is 3.76. The third kappa shape index (κ3) is 2.70. The molecule has 0 spiro atoms. The Bertz CT molecular complexity index is 827. The molecule has 1 unspecified atom stereocenters. The van der Waals surface area contributed by atoms with Crippen molar-refractivity contribution in [1.82, 2.24) is 20.1 Å². The molecule has 1 N–H and O–H groups in total. The lowest BCUT2D eigenvalue weighted by Gasteiger charge is -2.15. The minimum absolute atomic E-state index is 0.0194. The molecule has 1 amide bonds. The van der Waals surface area contributed by atoms with Gasteiger partial charge in [0.15, 0.2) is 5.69 Å². The molecule has 1 aliphatic heterocycles. The second-order valence-electron chi connectivity index (χ2n) is 6.05. The van der Waals surface area contributed by atoms with Crippen molar-refractivity contribution < 1.29 is 4.79 Å². The molecule has 0 aliphatic carbocycles. The molecule has 0 radical (unpaired) electrons. The molecule has 5 heteroatoms. The predicted octanol–water partition coefficient (Wildman–Crippen LogP) is 2.66. The minimum atomic E-state index is 0.0194. The summed E-state index contributed by atoms with van der Waals surface area (Å²) in [4.78, 5) is 19.0. The maximum absolute atomic E-state index is 12.7.